The van der Waals surface area contributed by atoms with Gasteiger partial charge >= 0.3 is 11.9 Å². The summed E-state index contributed by atoms with van der Waals surface area (Å²) in [4.78, 5) is 23.2. The van der Waals surface area contributed by atoms with Crippen molar-refractivity contribution in [2.24, 2.45) is 0 Å². The average molecular weight is 325 g/mol. The lowest BCUT2D eigenvalue weighted by molar-refractivity contribution is 0.0398. The fraction of sp³-hybridized carbons (Fsp3) is 0.125. The number of hydrogen-bond acceptors (Lipinski definition) is 3. The van der Waals surface area contributed by atoms with E-state index in [4.69, 9.17) is 27.9 Å². The summed E-state index contributed by atoms with van der Waals surface area (Å²) >= 11 is 10.1. The minimum Gasteiger partial charge on any atom is -0.386 e. The van der Waals surface area contributed by atoms with Gasteiger partial charge in [0.05, 0.1) is 11.1 Å². The predicted molar refractivity (Wildman–Crippen MR) is 84.1 cm³/mol. The van der Waals surface area contributed by atoms with Gasteiger partial charge in [-0.25, -0.2) is 9.59 Å². The van der Waals surface area contributed by atoms with Gasteiger partial charge in [0.1, 0.15) is 0 Å². The molecule has 0 N–H and O–H groups in total. The summed E-state index contributed by atoms with van der Waals surface area (Å²) in [5, 5.41) is 0. The molecule has 2 aromatic rings. The Labute approximate surface area is 133 Å². The van der Waals surface area contributed by atoms with Crippen LogP contribution in [0.1, 0.15) is 20.7 Å². The van der Waals surface area contributed by atoms with Crippen LogP contribution in [0.25, 0.3) is 0 Å². The lowest BCUT2D eigenvalue weighted by Crippen LogP contribution is -2.12. The van der Waals surface area contributed by atoms with Crippen molar-refractivity contribution >= 4 is 35.1 Å². The SMILES string of the molecule is ClCCCl.O=C(OC(=O)c1ccccc1)c1ccccc1. The van der Waals surface area contributed by atoms with E-state index in [0.29, 0.717) is 22.9 Å². The van der Waals surface area contributed by atoms with Crippen molar-refractivity contribution in [3.63, 3.8) is 0 Å². The number of hydrogen-bond donors (Lipinski definition) is 0. The van der Waals surface area contributed by atoms with Gasteiger partial charge in [0.2, 0.25) is 0 Å². The van der Waals surface area contributed by atoms with Crippen LogP contribution in [0, 0.1) is 0 Å². The normalized spacial score (nSPS) is 9.24. The van der Waals surface area contributed by atoms with Crippen molar-refractivity contribution in [2.45, 2.75) is 0 Å². The van der Waals surface area contributed by atoms with Crippen LogP contribution in [0.2, 0.25) is 0 Å². The van der Waals surface area contributed by atoms with E-state index in [2.05, 4.69) is 0 Å². The maximum atomic E-state index is 11.6. The first-order valence-corrected chi connectivity index (χ1v) is 7.24. The monoisotopic (exact) mass is 324 g/mol. The fourth-order valence-electron chi connectivity index (χ4n) is 1.35. The van der Waals surface area contributed by atoms with Crippen molar-refractivity contribution in [3.8, 4) is 0 Å². The number of halogens is 2. The Kier molecular flexibility index (Phi) is 8.17. The van der Waals surface area contributed by atoms with E-state index in [0.717, 1.165) is 0 Å². The van der Waals surface area contributed by atoms with Gasteiger partial charge < -0.3 is 4.74 Å². The zero-order valence-corrected chi connectivity index (χ0v) is 12.7. The quantitative estimate of drug-likeness (QED) is 0.484. The lowest BCUT2D eigenvalue weighted by Gasteiger charge is -2.02. The summed E-state index contributed by atoms with van der Waals surface area (Å²) in [6, 6.07) is 16.8. The van der Waals surface area contributed by atoms with Crippen molar-refractivity contribution in [1.29, 1.82) is 0 Å². The number of rotatable bonds is 3. The van der Waals surface area contributed by atoms with Gasteiger partial charge in [0.25, 0.3) is 0 Å². The van der Waals surface area contributed by atoms with Crippen molar-refractivity contribution < 1.29 is 14.3 Å². The number of alkyl halides is 2. The third-order valence-electron chi connectivity index (χ3n) is 2.28. The second-order valence-electron chi connectivity index (χ2n) is 3.79. The van der Waals surface area contributed by atoms with E-state index in [9.17, 15) is 9.59 Å². The molecule has 2 rings (SSSR count). The molecular weight excluding hydrogens is 311 g/mol. The highest BCUT2D eigenvalue weighted by molar-refractivity contribution is 6.25. The van der Waals surface area contributed by atoms with E-state index in [1.54, 1.807) is 60.7 Å². The Hall–Kier alpha value is -1.84. The van der Waals surface area contributed by atoms with E-state index in [-0.39, 0.29) is 0 Å². The topological polar surface area (TPSA) is 43.4 Å². The van der Waals surface area contributed by atoms with Crippen LogP contribution in [-0.2, 0) is 4.74 Å². The van der Waals surface area contributed by atoms with Crippen LogP contribution in [0.3, 0.4) is 0 Å². The summed E-state index contributed by atoms with van der Waals surface area (Å²) in [5.74, 6) is -0.165. The summed E-state index contributed by atoms with van der Waals surface area (Å²) in [6.07, 6.45) is 0. The lowest BCUT2D eigenvalue weighted by atomic mass is 10.2. The van der Waals surface area contributed by atoms with Crippen LogP contribution >= 0.6 is 23.2 Å². The molecule has 2 aromatic carbocycles. The smallest absolute Gasteiger partial charge is 0.346 e. The largest absolute Gasteiger partial charge is 0.386 e. The maximum Gasteiger partial charge on any atom is 0.346 e. The van der Waals surface area contributed by atoms with Crippen LogP contribution in [-0.4, -0.2) is 23.7 Å². The Morgan fingerprint density at radius 3 is 1.33 bits per heavy atom. The molecule has 0 aliphatic rings. The molecule has 21 heavy (non-hydrogen) atoms. The van der Waals surface area contributed by atoms with Crippen molar-refractivity contribution in [3.05, 3.63) is 71.8 Å². The first kappa shape index (κ1) is 17.2. The third kappa shape index (κ3) is 6.43. The molecule has 0 fully saturated rings. The van der Waals surface area contributed by atoms with Gasteiger partial charge in [-0.05, 0) is 24.3 Å². The Balaban J connectivity index is 0.000000491. The summed E-state index contributed by atoms with van der Waals surface area (Å²) in [5.41, 5.74) is 0.716. The molecule has 0 aliphatic carbocycles. The molecule has 0 aliphatic heterocycles. The van der Waals surface area contributed by atoms with Crippen LogP contribution in [0.15, 0.2) is 60.7 Å². The Morgan fingerprint density at radius 2 is 1.05 bits per heavy atom. The molecule has 0 bridgehead atoms. The Morgan fingerprint density at radius 1 is 0.714 bits per heavy atom. The first-order valence-electron chi connectivity index (χ1n) is 6.17. The van der Waals surface area contributed by atoms with E-state index < -0.39 is 11.9 Å². The van der Waals surface area contributed by atoms with Crippen molar-refractivity contribution in [2.75, 3.05) is 11.8 Å². The van der Waals surface area contributed by atoms with Crippen LogP contribution in [0.5, 0.6) is 0 Å². The van der Waals surface area contributed by atoms with Gasteiger partial charge in [0.15, 0.2) is 0 Å². The molecule has 0 unspecified atom stereocenters. The first-order chi connectivity index (χ1) is 10.2. The minimum atomic E-state index is -0.639. The zero-order valence-electron chi connectivity index (χ0n) is 11.2. The molecule has 0 atom stereocenters. The standard InChI is InChI=1S/C14H10O3.C2H4Cl2/c15-13(11-7-3-1-4-8-11)17-14(16)12-9-5-2-6-10-12;3-1-2-4/h1-10H;1-2H2. The zero-order chi connectivity index (χ0) is 15.5. The molecule has 0 radical (unpaired) electrons. The van der Waals surface area contributed by atoms with E-state index >= 15 is 0 Å². The fourth-order valence-corrected chi connectivity index (χ4v) is 1.35. The Bertz CT molecular complexity index is 505. The molecule has 0 heterocycles. The molecule has 3 nitrogen and oxygen atoms in total. The molecule has 0 saturated carbocycles. The molecule has 0 saturated heterocycles. The second-order valence-corrected chi connectivity index (χ2v) is 4.54. The highest BCUT2D eigenvalue weighted by Gasteiger charge is 2.13. The molecular formula is C16H14Cl2O3. The van der Waals surface area contributed by atoms with Gasteiger partial charge in [-0.15, -0.1) is 23.2 Å². The summed E-state index contributed by atoms with van der Waals surface area (Å²) in [7, 11) is 0. The van der Waals surface area contributed by atoms with E-state index in [1.165, 1.54) is 0 Å². The molecule has 0 amide bonds. The second kappa shape index (κ2) is 9.97. The molecule has 5 heteroatoms. The number of carbonyl (C=O) groups excluding carboxylic acids is 2. The van der Waals surface area contributed by atoms with Crippen molar-refractivity contribution in [1.82, 2.24) is 0 Å². The van der Waals surface area contributed by atoms with Crippen LogP contribution in [0.4, 0.5) is 0 Å². The minimum absolute atomic E-state index is 0.358. The van der Waals surface area contributed by atoms with Gasteiger partial charge in [0, 0.05) is 11.8 Å². The molecule has 0 aromatic heterocycles. The number of benzene rings is 2. The average Bonchev–Trinajstić information content (AvgIpc) is 2.56. The van der Waals surface area contributed by atoms with Gasteiger partial charge in [-0.1, -0.05) is 36.4 Å². The summed E-state index contributed by atoms with van der Waals surface area (Å²) < 4.78 is 4.74. The molecule has 0 spiro atoms. The third-order valence-corrected chi connectivity index (χ3v) is 2.85. The number of ether oxygens (including phenoxy) is 1. The highest BCUT2D eigenvalue weighted by Crippen LogP contribution is 2.05. The number of esters is 2. The highest BCUT2D eigenvalue weighted by atomic mass is 35.5. The van der Waals surface area contributed by atoms with E-state index in [1.807, 2.05) is 0 Å². The molecule has 110 valence electrons. The predicted octanol–water partition coefficient (Wildman–Crippen LogP) is 4.15. The number of carbonyl (C=O) groups is 2. The van der Waals surface area contributed by atoms with Crippen LogP contribution < -0.4 is 0 Å². The van der Waals surface area contributed by atoms with Gasteiger partial charge in [-0.2, -0.15) is 0 Å². The maximum absolute atomic E-state index is 11.6. The van der Waals surface area contributed by atoms with Gasteiger partial charge in [-0.3, -0.25) is 0 Å². The summed E-state index contributed by atoms with van der Waals surface area (Å²) in [6.45, 7) is 0.